The van der Waals surface area contributed by atoms with Crippen molar-refractivity contribution in [2.24, 2.45) is 0 Å². The number of amides is 1. The van der Waals surface area contributed by atoms with E-state index in [2.05, 4.69) is 25.4 Å². The molecule has 0 saturated heterocycles. The minimum Gasteiger partial charge on any atom is -0.288 e. The average Bonchev–Trinajstić information content (AvgIpc) is 3.11. The Hall–Kier alpha value is -2.56. The third-order valence-corrected chi connectivity index (χ3v) is 5.01. The van der Waals surface area contributed by atoms with Crippen LogP contribution in [0.25, 0.3) is 10.2 Å². The van der Waals surface area contributed by atoms with E-state index in [9.17, 15) is 18.0 Å². The van der Waals surface area contributed by atoms with Gasteiger partial charge in [0, 0.05) is 10.8 Å². The number of aryl methyl sites for hydroxylation is 2. The van der Waals surface area contributed by atoms with E-state index in [0.29, 0.717) is 21.1 Å². The molecule has 3 heterocycles. The van der Waals surface area contributed by atoms with Crippen LogP contribution in [0.5, 0.6) is 0 Å². The molecule has 0 aromatic carbocycles. The maximum atomic E-state index is 12.6. The number of rotatable bonds is 2. The Kier molecular flexibility index (Phi) is 4.45. The molecule has 144 valence electrons. The van der Waals surface area contributed by atoms with Crippen molar-refractivity contribution in [3.63, 3.8) is 0 Å². The molecule has 0 aliphatic carbocycles. The number of thiophene rings is 1. The SMILES string of the molecule is Cc1nc(C(C)(C)C)nc2sc(C(=O)Nc3n[nH]c(C(F)(F)F)n3)c(C)c12. The first kappa shape index (κ1) is 19.2. The van der Waals surface area contributed by atoms with Crippen LogP contribution in [-0.2, 0) is 11.6 Å². The highest BCUT2D eigenvalue weighted by molar-refractivity contribution is 7.20. The van der Waals surface area contributed by atoms with E-state index in [1.807, 2.05) is 27.7 Å². The molecule has 0 saturated carbocycles. The number of alkyl halides is 3. The zero-order valence-corrected chi connectivity index (χ0v) is 16.1. The van der Waals surface area contributed by atoms with E-state index in [-0.39, 0.29) is 5.41 Å². The predicted molar refractivity (Wildman–Crippen MR) is 94.9 cm³/mol. The van der Waals surface area contributed by atoms with E-state index in [0.717, 1.165) is 22.4 Å². The van der Waals surface area contributed by atoms with Crippen LogP contribution >= 0.6 is 11.3 Å². The van der Waals surface area contributed by atoms with Crippen molar-refractivity contribution in [3.05, 3.63) is 27.8 Å². The minimum absolute atomic E-state index is 0.258. The van der Waals surface area contributed by atoms with Crippen LogP contribution in [0, 0.1) is 13.8 Å². The number of halogens is 3. The maximum absolute atomic E-state index is 12.6. The number of nitrogens with zero attached hydrogens (tertiary/aromatic N) is 4. The number of nitrogens with one attached hydrogen (secondary N) is 2. The van der Waals surface area contributed by atoms with Gasteiger partial charge >= 0.3 is 6.18 Å². The van der Waals surface area contributed by atoms with Crippen LogP contribution in [0.4, 0.5) is 19.1 Å². The molecule has 3 aromatic heterocycles. The smallest absolute Gasteiger partial charge is 0.288 e. The fraction of sp³-hybridized carbons (Fsp3) is 0.438. The van der Waals surface area contributed by atoms with E-state index in [1.165, 1.54) is 0 Å². The number of hydrogen-bond donors (Lipinski definition) is 2. The Morgan fingerprint density at radius 3 is 2.33 bits per heavy atom. The number of carbonyl (C=O) groups is 1. The number of hydrogen-bond acceptors (Lipinski definition) is 6. The number of anilines is 1. The van der Waals surface area contributed by atoms with Gasteiger partial charge in [-0.1, -0.05) is 20.8 Å². The van der Waals surface area contributed by atoms with Crippen LogP contribution < -0.4 is 5.32 Å². The molecule has 0 spiro atoms. The van der Waals surface area contributed by atoms with Crippen LogP contribution in [-0.4, -0.2) is 31.1 Å². The average molecular weight is 398 g/mol. The molecule has 1 amide bonds. The second-order valence-corrected chi connectivity index (χ2v) is 8.08. The van der Waals surface area contributed by atoms with E-state index in [1.54, 1.807) is 12.0 Å². The Morgan fingerprint density at radius 1 is 1.11 bits per heavy atom. The molecule has 0 bridgehead atoms. The predicted octanol–water partition coefficient (Wildman–Crippen LogP) is 3.99. The molecule has 11 heteroatoms. The molecule has 2 N–H and O–H groups in total. The maximum Gasteiger partial charge on any atom is 0.451 e. The molecule has 0 atom stereocenters. The van der Waals surface area contributed by atoms with E-state index >= 15 is 0 Å². The first-order valence-electron chi connectivity index (χ1n) is 7.97. The van der Waals surface area contributed by atoms with Crippen molar-refractivity contribution in [2.45, 2.75) is 46.2 Å². The van der Waals surface area contributed by atoms with Gasteiger partial charge in [0.1, 0.15) is 10.7 Å². The quantitative estimate of drug-likeness (QED) is 0.680. The zero-order valence-electron chi connectivity index (χ0n) is 15.2. The first-order valence-corrected chi connectivity index (χ1v) is 8.78. The third-order valence-electron chi connectivity index (χ3n) is 3.83. The summed E-state index contributed by atoms with van der Waals surface area (Å²) in [6, 6.07) is 0. The lowest BCUT2D eigenvalue weighted by Crippen LogP contribution is -2.16. The molecule has 0 fully saturated rings. The largest absolute Gasteiger partial charge is 0.451 e. The summed E-state index contributed by atoms with van der Waals surface area (Å²) < 4.78 is 37.8. The van der Waals surface area contributed by atoms with Gasteiger partial charge in [-0.25, -0.2) is 9.97 Å². The first-order chi connectivity index (χ1) is 12.4. The molecule has 27 heavy (non-hydrogen) atoms. The molecule has 0 aliphatic rings. The summed E-state index contributed by atoms with van der Waals surface area (Å²) in [6.07, 6.45) is -4.67. The molecule has 3 aromatic rings. The van der Waals surface area contributed by atoms with Crippen molar-refractivity contribution >= 4 is 33.4 Å². The monoisotopic (exact) mass is 398 g/mol. The topological polar surface area (TPSA) is 96.5 Å². The summed E-state index contributed by atoms with van der Waals surface area (Å²) >= 11 is 1.16. The van der Waals surface area contributed by atoms with E-state index in [4.69, 9.17) is 0 Å². The normalized spacial score (nSPS) is 12.6. The minimum atomic E-state index is -4.67. The number of fused-ring (bicyclic) bond motifs is 1. The molecular formula is C16H17F3N6OS. The number of aromatic amines is 1. The summed E-state index contributed by atoms with van der Waals surface area (Å²) in [5.74, 6) is -1.66. The summed E-state index contributed by atoms with van der Waals surface area (Å²) in [4.78, 5) is 25.8. The van der Waals surface area contributed by atoms with Gasteiger partial charge in [-0.2, -0.15) is 18.2 Å². The highest BCUT2D eigenvalue weighted by atomic mass is 32.1. The molecular weight excluding hydrogens is 381 g/mol. The molecule has 0 unspecified atom stereocenters. The zero-order chi connectivity index (χ0) is 20.1. The van der Waals surface area contributed by atoms with Crippen molar-refractivity contribution in [2.75, 3.05) is 5.32 Å². The highest BCUT2D eigenvalue weighted by Crippen LogP contribution is 2.33. The third kappa shape index (κ3) is 3.64. The highest BCUT2D eigenvalue weighted by Gasteiger charge is 2.35. The Bertz CT molecular complexity index is 1030. The molecule has 0 radical (unpaired) electrons. The molecule has 0 aliphatic heterocycles. The van der Waals surface area contributed by atoms with Gasteiger partial charge < -0.3 is 0 Å². The lowest BCUT2D eigenvalue weighted by molar-refractivity contribution is -0.144. The lowest BCUT2D eigenvalue weighted by Gasteiger charge is -2.16. The Morgan fingerprint density at radius 2 is 1.78 bits per heavy atom. The Labute approximate surface area is 156 Å². The van der Waals surface area contributed by atoms with Crippen molar-refractivity contribution in [3.8, 4) is 0 Å². The number of carbonyl (C=O) groups excluding carboxylic acids is 1. The van der Waals surface area contributed by atoms with Crippen molar-refractivity contribution in [1.29, 1.82) is 0 Å². The summed E-state index contributed by atoms with van der Waals surface area (Å²) in [6.45, 7) is 9.56. The van der Waals surface area contributed by atoms with Crippen LogP contribution in [0.3, 0.4) is 0 Å². The van der Waals surface area contributed by atoms with Gasteiger partial charge in [0.15, 0.2) is 0 Å². The number of aromatic nitrogens is 5. The summed E-state index contributed by atoms with van der Waals surface area (Å²) in [7, 11) is 0. The van der Waals surface area contributed by atoms with Gasteiger partial charge in [0.2, 0.25) is 11.8 Å². The van der Waals surface area contributed by atoms with Gasteiger partial charge in [-0.05, 0) is 19.4 Å². The molecule has 3 rings (SSSR count). The van der Waals surface area contributed by atoms with E-state index < -0.39 is 23.9 Å². The fourth-order valence-corrected chi connectivity index (χ4v) is 3.62. The van der Waals surface area contributed by atoms with Gasteiger partial charge in [-0.15, -0.1) is 16.4 Å². The fourth-order valence-electron chi connectivity index (χ4n) is 2.49. The standard InChI is InChI=1S/C16H17F3N6OS/c1-6-8-7(2)20-12(15(3,4)5)22-11(8)27-9(6)10(26)21-14-23-13(24-25-14)16(17,18)19/h1-5H3,(H2,21,23,24,25,26). The second kappa shape index (κ2) is 6.25. The van der Waals surface area contributed by atoms with Gasteiger partial charge in [0.05, 0.1) is 10.6 Å². The van der Waals surface area contributed by atoms with Crippen LogP contribution in [0.15, 0.2) is 0 Å². The van der Waals surface area contributed by atoms with Crippen molar-refractivity contribution < 1.29 is 18.0 Å². The Balaban J connectivity index is 1.97. The van der Waals surface area contributed by atoms with Gasteiger partial charge in [0.25, 0.3) is 5.91 Å². The summed E-state index contributed by atoms with van der Waals surface area (Å²) in [5, 5.41) is 8.20. The van der Waals surface area contributed by atoms with Crippen LogP contribution in [0.2, 0.25) is 0 Å². The number of H-pyrrole nitrogens is 1. The van der Waals surface area contributed by atoms with Crippen LogP contribution in [0.1, 0.15) is 53.3 Å². The van der Waals surface area contributed by atoms with Gasteiger partial charge in [-0.3, -0.25) is 15.2 Å². The lowest BCUT2D eigenvalue weighted by atomic mass is 9.95. The summed E-state index contributed by atoms with van der Waals surface area (Å²) in [5.41, 5.74) is 1.15. The second-order valence-electron chi connectivity index (χ2n) is 7.08. The van der Waals surface area contributed by atoms with Crippen molar-refractivity contribution in [1.82, 2.24) is 25.1 Å². The molecule has 7 nitrogen and oxygen atoms in total.